The number of hydrogen-bond acceptors (Lipinski definition) is 7. The first-order valence-electron chi connectivity index (χ1n) is 8.85. The highest BCUT2D eigenvalue weighted by atomic mass is 16.5. The molecule has 0 radical (unpaired) electrons. The standard InChI is InChI=1S/C19H21N5O2/c1-3-9-20-15(5-1)14-25-16-7-11-24(12-8-16)13-18-22-19(23-26-18)17-6-2-4-10-21-17/h1-6,9-10,16H,7-8,11-14H2. The van der Waals surface area contributed by atoms with E-state index in [9.17, 15) is 0 Å². The van der Waals surface area contributed by atoms with Crippen LogP contribution in [-0.4, -0.2) is 44.2 Å². The van der Waals surface area contributed by atoms with E-state index in [4.69, 9.17) is 9.26 Å². The fourth-order valence-electron chi connectivity index (χ4n) is 3.03. The zero-order chi connectivity index (χ0) is 17.6. The average molecular weight is 351 g/mol. The number of piperidine rings is 1. The van der Waals surface area contributed by atoms with Crippen molar-refractivity contribution in [2.75, 3.05) is 13.1 Å². The molecule has 0 aliphatic carbocycles. The Bertz CT molecular complexity index is 801. The fourth-order valence-corrected chi connectivity index (χ4v) is 3.03. The van der Waals surface area contributed by atoms with Crippen molar-refractivity contribution in [3.63, 3.8) is 0 Å². The molecule has 1 fully saturated rings. The van der Waals surface area contributed by atoms with Crippen LogP contribution in [0.1, 0.15) is 24.4 Å². The molecule has 0 bridgehead atoms. The van der Waals surface area contributed by atoms with Crippen molar-refractivity contribution in [3.8, 4) is 11.5 Å². The van der Waals surface area contributed by atoms with Crippen LogP contribution in [-0.2, 0) is 17.9 Å². The Labute approximate surface area is 152 Å². The minimum Gasteiger partial charge on any atom is -0.372 e. The summed E-state index contributed by atoms with van der Waals surface area (Å²) in [5.41, 5.74) is 1.70. The second kappa shape index (κ2) is 8.16. The lowest BCUT2D eigenvalue weighted by atomic mass is 10.1. The van der Waals surface area contributed by atoms with E-state index in [0.717, 1.165) is 37.3 Å². The minimum atomic E-state index is 0.278. The monoisotopic (exact) mass is 351 g/mol. The van der Waals surface area contributed by atoms with Crippen LogP contribution in [0, 0.1) is 0 Å². The van der Waals surface area contributed by atoms with E-state index < -0.39 is 0 Å². The van der Waals surface area contributed by atoms with Gasteiger partial charge in [-0.05, 0) is 37.1 Å². The van der Waals surface area contributed by atoms with Gasteiger partial charge in [-0.3, -0.25) is 14.9 Å². The molecule has 134 valence electrons. The lowest BCUT2D eigenvalue weighted by Gasteiger charge is -2.30. The van der Waals surface area contributed by atoms with Crippen molar-refractivity contribution in [3.05, 3.63) is 60.4 Å². The molecule has 0 saturated carbocycles. The van der Waals surface area contributed by atoms with Crippen LogP contribution in [0.3, 0.4) is 0 Å². The van der Waals surface area contributed by atoms with Gasteiger partial charge in [-0.2, -0.15) is 4.98 Å². The van der Waals surface area contributed by atoms with Crippen molar-refractivity contribution in [2.45, 2.75) is 32.1 Å². The molecule has 1 aliphatic rings. The first-order valence-corrected chi connectivity index (χ1v) is 8.85. The quantitative estimate of drug-likeness (QED) is 0.676. The summed E-state index contributed by atoms with van der Waals surface area (Å²) in [5, 5.41) is 4.02. The van der Waals surface area contributed by atoms with E-state index in [1.165, 1.54) is 0 Å². The topological polar surface area (TPSA) is 77.2 Å². The molecule has 0 atom stereocenters. The SMILES string of the molecule is c1ccc(COC2CCN(Cc3nc(-c4ccccn4)no3)CC2)nc1. The number of aromatic nitrogens is 4. The summed E-state index contributed by atoms with van der Waals surface area (Å²) in [6.45, 7) is 3.14. The molecule has 3 aromatic rings. The largest absolute Gasteiger partial charge is 0.372 e. The van der Waals surface area contributed by atoms with Crippen molar-refractivity contribution in [2.24, 2.45) is 0 Å². The zero-order valence-corrected chi connectivity index (χ0v) is 14.5. The smallest absolute Gasteiger partial charge is 0.241 e. The summed E-state index contributed by atoms with van der Waals surface area (Å²) in [5.74, 6) is 1.16. The van der Waals surface area contributed by atoms with Crippen molar-refractivity contribution in [1.29, 1.82) is 0 Å². The summed E-state index contributed by atoms with van der Waals surface area (Å²) in [6.07, 6.45) is 5.79. The van der Waals surface area contributed by atoms with E-state index in [-0.39, 0.29) is 6.10 Å². The van der Waals surface area contributed by atoms with Gasteiger partial charge in [-0.25, -0.2) is 0 Å². The first-order chi connectivity index (χ1) is 12.9. The van der Waals surface area contributed by atoms with E-state index >= 15 is 0 Å². The Morgan fingerprint density at radius 1 is 1.04 bits per heavy atom. The third kappa shape index (κ3) is 4.30. The maximum absolute atomic E-state index is 5.98. The van der Waals surface area contributed by atoms with Crippen LogP contribution in [0.15, 0.2) is 53.3 Å². The first kappa shape index (κ1) is 16.8. The van der Waals surface area contributed by atoms with E-state index in [0.29, 0.717) is 24.9 Å². The zero-order valence-electron chi connectivity index (χ0n) is 14.5. The highest BCUT2D eigenvalue weighted by Crippen LogP contribution is 2.18. The Kier molecular flexibility index (Phi) is 5.27. The Hall–Kier alpha value is -2.64. The van der Waals surface area contributed by atoms with Gasteiger partial charge in [0.15, 0.2) is 0 Å². The molecule has 1 aliphatic heterocycles. The molecule has 1 saturated heterocycles. The van der Waals surface area contributed by atoms with E-state index in [2.05, 4.69) is 25.0 Å². The van der Waals surface area contributed by atoms with Gasteiger partial charge in [-0.15, -0.1) is 0 Å². The molecule has 26 heavy (non-hydrogen) atoms. The maximum Gasteiger partial charge on any atom is 0.241 e. The lowest BCUT2D eigenvalue weighted by molar-refractivity contribution is -0.00681. The summed E-state index contributed by atoms with van der Waals surface area (Å²) in [4.78, 5) is 15.3. The van der Waals surface area contributed by atoms with Gasteiger partial charge in [-0.1, -0.05) is 17.3 Å². The molecular weight excluding hydrogens is 330 g/mol. The Morgan fingerprint density at radius 2 is 1.85 bits per heavy atom. The second-order valence-corrected chi connectivity index (χ2v) is 6.33. The third-order valence-electron chi connectivity index (χ3n) is 4.45. The predicted molar refractivity (Wildman–Crippen MR) is 94.9 cm³/mol. The van der Waals surface area contributed by atoms with Gasteiger partial charge < -0.3 is 9.26 Å². The molecular formula is C19H21N5O2. The van der Waals surface area contributed by atoms with Crippen molar-refractivity contribution >= 4 is 0 Å². The summed E-state index contributed by atoms with van der Waals surface area (Å²) in [6, 6.07) is 11.5. The molecule has 4 heterocycles. The minimum absolute atomic E-state index is 0.278. The van der Waals surface area contributed by atoms with Crippen LogP contribution >= 0.6 is 0 Å². The molecule has 0 aromatic carbocycles. The molecule has 3 aromatic heterocycles. The third-order valence-corrected chi connectivity index (χ3v) is 4.45. The normalized spacial score (nSPS) is 16.0. The number of rotatable bonds is 6. The Balaban J connectivity index is 1.25. The van der Waals surface area contributed by atoms with Crippen LogP contribution in [0.25, 0.3) is 11.5 Å². The maximum atomic E-state index is 5.98. The summed E-state index contributed by atoms with van der Waals surface area (Å²) >= 11 is 0. The van der Waals surface area contributed by atoms with Crippen LogP contribution in [0.4, 0.5) is 0 Å². The number of ether oxygens (including phenoxy) is 1. The van der Waals surface area contributed by atoms with Crippen LogP contribution < -0.4 is 0 Å². The van der Waals surface area contributed by atoms with Gasteiger partial charge in [0.05, 0.1) is 24.9 Å². The second-order valence-electron chi connectivity index (χ2n) is 6.33. The molecule has 7 nitrogen and oxygen atoms in total. The molecule has 0 amide bonds. The van der Waals surface area contributed by atoms with Gasteiger partial charge in [0.25, 0.3) is 0 Å². The number of hydrogen-bond donors (Lipinski definition) is 0. The molecule has 0 unspecified atom stereocenters. The molecule has 0 N–H and O–H groups in total. The molecule has 0 spiro atoms. The molecule has 4 rings (SSSR count). The van der Waals surface area contributed by atoms with E-state index in [1.54, 1.807) is 12.4 Å². The predicted octanol–water partition coefficient (Wildman–Crippen LogP) is 2.71. The highest BCUT2D eigenvalue weighted by Gasteiger charge is 2.22. The van der Waals surface area contributed by atoms with Crippen LogP contribution in [0.5, 0.6) is 0 Å². The van der Waals surface area contributed by atoms with E-state index in [1.807, 2.05) is 36.4 Å². The van der Waals surface area contributed by atoms with Crippen molar-refractivity contribution in [1.82, 2.24) is 25.0 Å². The molecule has 7 heteroatoms. The van der Waals surface area contributed by atoms with Crippen LogP contribution in [0.2, 0.25) is 0 Å². The van der Waals surface area contributed by atoms with Gasteiger partial charge in [0.2, 0.25) is 11.7 Å². The highest BCUT2D eigenvalue weighted by molar-refractivity contribution is 5.46. The summed E-state index contributed by atoms with van der Waals surface area (Å²) in [7, 11) is 0. The van der Waals surface area contributed by atoms with Crippen molar-refractivity contribution < 1.29 is 9.26 Å². The number of pyridine rings is 2. The summed E-state index contributed by atoms with van der Waals surface area (Å²) < 4.78 is 11.4. The average Bonchev–Trinajstić information content (AvgIpc) is 3.17. The number of nitrogens with zero attached hydrogens (tertiary/aromatic N) is 5. The van der Waals surface area contributed by atoms with Gasteiger partial charge in [0, 0.05) is 25.5 Å². The Morgan fingerprint density at radius 3 is 2.58 bits per heavy atom. The van der Waals surface area contributed by atoms with Gasteiger partial charge in [0.1, 0.15) is 5.69 Å². The number of likely N-dealkylation sites (tertiary alicyclic amines) is 1. The fraction of sp³-hybridized carbons (Fsp3) is 0.368. The lowest BCUT2D eigenvalue weighted by Crippen LogP contribution is -2.36. The van der Waals surface area contributed by atoms with Gasteiger partial charge >= 0.3 is 0 Å².